The summed E-state index contributed by atoms with van der Waals surface area (Å²) in [7, 11) is 0. The second-order valence-corrected chi connectivity index (χ2v) is 5.77. The molecule has 0 spiro atoms. The summed E-state index contributed by atoms with van der Waals surface area (Å²) in [5.41, 5.74) is -0.0973. The van der Waals surface area contributed by atoms with Gasteiger partial charge in [0.15, 0.2) is 5.82 Å². The number of hydrogen-bond donors (Lipinski definition) is 2. The van der Waals surface area contributed by atoms with Gasteiger partial charge in [-0.1, -0.05) is 11.6 Å². The standard InChI is InChI=1S/C13H21ClN4O/c1-4-15-12-16-8-10(14)11(18-12)17-9-5-6-19-13(2,3)7-9/h8-9H,4-7H2,1-3H3,(H2,15,16,17,18). The van der Waals surface area contributed by atoms with E-state index >= 15 is 0 Å². The predicted molar refractivity (Wildman–Crippen MR) is 77.9 cm³/mol. The maximum absolute atomic E-state index is 6.14. The lowest BCUT2D eigenvalue weighted by Crippen LogP contribution is -2.40. The summed E-state index contributed by atoms with van der Waals surface area (Å²) in [6, 6.07) is 0.325. The molecule has 6 heteroatoms. The largest absolute Gasteiger partial charge is 0.375 e. The fraction of sp³-hybridized carbons (Fsp3) is 0.692. The fourth-order valence-electron chi connectivity index (χ4n) is 2.26. The number of rotatable bonds is 4. The highest BCUT2D eigenvalue weighted by molar-refractivity contribution is 6.32. The minimum absolute atomic E-state index is 0.0973. The van der Waals surface area contributed by atoms with Crippen LogP contribution in [0.25, 0.3) is 0 Å². The quantitative estimate of drug-likeness (QED) is 0.890. The molecule has 0 bridgehead atoms. The third kappa shape index (κ3) is 3.94. The summed E-state index contributed by atoms with van der Waals surface area (Å²) in [5.74, 6) is 1.29. The molecular weight excluding hydrogens is 264 g/mol. The highest BCUT2D eigenvalue weighted by Gasteiger charge is 2.29. The van der Waals surface area contributed by atoms with Gasteiger partial charge in [0.1, 0.15) is 5.02 Å². The van der Waals surface area contributed by atoms with Crippen LogP contribution in [0.4, 0.5) is 11.8 Å². The first-order valence-electron chi connectivity index (χ1n) is 6.67. The van der Waals surface area contributed by atoms with E-state index in [1.807, 2.05) is 6.92 Å². The topological polar surface area (TPSA) is 59.1 Å². The van der Waals surface area contributed by atoms with E-state index in [4.69, 9.17) is 16.3 Å². The summed E-state index contributed by atoms with van der Waals surface area (Å²) in [5, 5.41) is 7.03. The number of anilines is 2. The molecule has 1 unspecified atom stereocenters. The molecule has 1 atom stereocenters. The van der Waals surface area contributed by atoms with Crippen molar-refractivity contribution in [3.8, 4) is 0 Å². The van der Waals surface area contributed by atoms with Crippen molar-refractivity contribution >= 4 is 23.4 Å². The van der Waals surface area contributed by atoms with Gasteiger partial charge in [-0.25, -0.2) is 4.98 Å². The van der Waals surface area contributed by atoms with E-state index in [-0.39, 0.29) is 5.60 Å². The number of nitrogens with one attached hydrogen (secondary N) is 2. The Bertz CT molecular complexity index is 439. The molecule has 2 rings (SSSR count). The lowest BCUT2D eigenvalue weighted by Gasteiger charge is -2.36. The maximum atomic E-state index is 6.14. The van der Waals surface area contributed by atoms with Crippen LogP contribution in [0, 0.1) is 0 Å². The molecule has 2 N–H and O–H groups in total. The molecule has 1 aliphatic heterocycles. The van der Waals surface area contributed by atoms with E-state index in [2.05, 4.69) is 34.4 Å². The summed E-state index contributed by atoms with van der Waals surface area (Å²) < 4.78 is 5.71. The monoisotopic (exact) mass is 284 g/mol. The van der Waals surface area contributed by atoms with Gasteiger partial charge in [0.05, 0.1) is 11.8 Å². The van der Waals surface area contributed by atoms with Gasteiger partial charge in [-0.3, -0.25) is 0 Å². The summed E-state index contributed by atoms with van der Waals surface area (Å²) in [4.78, 5) is 8.53. The van der Waals surface area contributed by atoms with Crippen molar-refractivity contribution in [1.29, 1.82) is 0 Å². The zero-order valence-electron chi connectivity index (χ0n) is 11.7. The van der Waals surface area contributed by atoms with Crippen molar-refractivity contribution in [3.05, 3.63) is 11.2 Å². The van der Waals surface area contributed by atoms with Gasteiger partial charge in [0.2, 0.25) is 5.95 Å². The molecule has 2 heterocycles. The van der Waals surface area contributed by atoms with E-state index < -0.39 is 0 Å². The smallest absolute Gasteiger partial charge is 0.224 e. The molecule has 0 aromatic carbocycles. The zero-order valence-corrected chi connectivity index (χ0v) is 12.4. The Kier molecular flexibility index (Phi) is 4.47. The number of hydrogen-bond acceptors (Lipinski definition) is 5. The van der Waals surface area contributed by atoms with Crippen LogP contribution in [0.2, 0.25) is 5.02 Å². The first-order chi connectivity index (χ1) is 9.00. The molecule has 1 fully saturated rings. The first kappa shape index (κ1) is 14.3. The molecular formula is C13H21ClN4O. The average Bonchev–Trinajstić information content (AvgIpc) is 2.32. The normalized spacial score (nSPS) is 22.0. The van der Waals surface area contributed by atoms with Crippen molar-refractivity contribution in [3.63, 3.8) is 0 Å². The Hall–Kier alpha value is -1.07. The SMILES string of the molecule is CCNc1ncc(Cl)c(NC2CCOC(C)(C)C2)n1. The second-order valence-electron chi connectivity index (χ2n) is 5.36. The molecule has 0 saturated carbocycles. The van der Waals surface area contributed by atoms with Crippen LogP contribution in [-0.4, -0.2) is 34.8 Å². The van der Waals surface area contributed by atoms with E-state index in [0.717, 1.165) is 26.0 Å². The summed E-state index contributed by atoms with van der Waals surface area (Å²) in [6.07, 6.45) is 3.52. The fourth-order valence-corrected chi connectivity index (χ4v) is 2.41. The van der Waals surface area contributed by atoms with E-state index in [1.165, 1.54) is 0 Å². The number of nitrogens with zero attached hydrogens (tertiary/aromatic N) is 2. The first-order valence-corrected chi connectivity index (χ1v) is 7.05. The third-order valence-corrected chi connectivity index (χ3v) is 3.39. The average molecular weight is 285 g/mol. The van der Waals surface area contributed by atoms with Crippen molar-refractivity contribution in [2.24, 2.45) is 0 Å². The van der Waals surface area contributed by atoms with E-state index in [9.17, 15) is 0 Å². The summed E-state index contributed by atoms with van der Waals surface area (Å²) in [6.45, 7) is 7.75. The van der Waals surface area contributed by atoms with Gasteiger partial charge in [0.25, 0.3) is 0 Å². The van der Waals surface area contributed by atoms with Crippen LogP contribution >= 0.6 is 11.6 Å². The van der Waals surface area contributed by atoms with Crippen molar-refractivity contribution in [2.45, 2.75) is 45.3 Å². The third-order valence-electron chi connectivity index (χ3n) is 3.12. The van der Waals surface area contributed by atoms with Crippen molar-refractivity contribution < 1.29 is 4.74 Å². The number of aromatic nitrogens is 2. The number of halogens is 1. The Balaban J connectivity index is 2.07. The molecule has 1 aromatic heterocycles. The number of ether oxygens (including phenoxy) is 1. The molecule has 19 heavy (non-hydrogen) atoms. The Morgan fingerprint density at radius 2 is 2.32 bits per heavy atom. The Morgan fingerprint density at radius 3 is 3.00 bits per heavy atom. The minimum atomic E-state index is -0.0973. The van der Waals surface area contributed by atoms with Crippen LogP contribution in [0.15, 0.2) is 6.20 Å². The van der Waals surface area contributed by atoms with Crippen molar-refractivity contribution in [1.82, 2.24) is 9.97 Å². The van der Waals surface area contributed by atoms with Crippen molar-refractivity contribution in [2.75, 3.05) is 23.8 Å². The van der Waals surface area contributed by atoms with Gasteiger partial charge in [-0.2, -0.15) is 4.98 Å². The highest BCUT2D eigenvalue weighted by atomic mass is 35.5. The molecule has 1 saturated heterocycles. The summed E-state index contributed by atoms with van der Waals surface area (Å²) >= 11 is 6.14. The molecule has 0 amide bonds. The minimum Gasteiger partial charge on any atom is -0.375 e. The van der Waals surface area contributed by atoms with E-state index in [0.29, 0.717) is 22.8 Å². The highest BCUT2D eigenvalue weighted by Crippen LogP contribution is 2.28. The van der Waals surface area contributed by atoms with Crippen LogP contribution in [0.5, 0.6) is 0 Å². The molecule has 5 nitrogen and oxygen atoms in total. The van der Waals surface area contributed by atoms with Gasteiger partial charge >= 0.3 is 0 Å². The predicted octanol–water partition coefficient (Wildman–Crippen LogP) is 2.93. The lowest BCUT2D eigenvalue weighted by atomic mass is 9.94. The molecule has 1 aromatic rings. The zero-order chi connectivity index (χ0) is 13.9. The van der Waals surface area contributed by atoms with Crippen LogP contribution in [-0.2, 0) is 4.74 Å². The van der Waals surface area contributed by atoms with Crippen LogP contribution < -0.4 is 10.6 Å². The Labute approximate surface area is 119 Å². The van der Waals surface area contributed by atoms with Gasteiger partial charge in [-0.15, -0.1) is 0 Å². The van der Waals surface area contributed by atoms with Crippen LogP contribution in [0.1, 0.15) is 33.6 Å². The van der Waals surface area contributed by atoms with E-state index in [1.54, 1.807) is 6.20 Å². The maximum Gasteiger partial charge on any atom is 0.224 e. The van der Waals surface area contributed by atoms with Gasteiger partial charge in [0, 0.05) is 19.2 Å². The molecule has 1 aliphatic rings. The molecule has 106 valence electrons. The van der Waals surface area contributed by atoms with Gasteiger partial charge < -0.3 is 15.4 Å². The Morgan fingerprint density at radius 1 is 1.53 bits per heavy atom. The molecule has 0 aliphatic carbocycles. The van der Waals surface area contributed by atoms with Crippen LogP contribution in [0.3, 0.4) is 0 Å². The molecule has 0 radical (unpaired) electrons. The van der Waals surface area contributed by atoms with Gasteiger partial charge in [-0.05, 0) is 33.6 Å². The lowest BCUT2D eigenvalue weighted by molar-refractivity contribution is -0.0553. The second kappa shape index (κ2) is 5.92.